The maximum Gasteiger partial charge on any atom is 0.310 e. The van der Waals surface area contributed by atoms with E-state index in [0.717, 1.165) is 25.7 Å². The number of halogens is 2. The van der Waals surface area contributed by atoms with Crippen molar-refractivity contribution in [3.05, 3.63) is 11.6 Å². The van der Waals surface area contributed by atoms with E-state index in [1.165, 1.54) is 48.5 Å². The molecule has 0 bridgehead atoms. The molecule has 0 aliphatic carbocycles. The predicted octanol–water partition coefficient (Wildman–Crippen LogP) is 5.63. The molecule has 0 aromatic carbocycles. The van der Waals surface area contributed by atoms with Gasteiger partial charge in [-0.15, -0.1) is 0 Å². The van der Waals surface area contributed by atoms with Crippen LogP contribution < -0.4 is 21.7 Å². The second kappa shape index (κ2) is 20.0. The van der Waals surface area contributed by atoms with Crippen molar-refractivity contribution in [3.8, 4) is 0 Å². The van der Waals surface area contributed by atoms with Gasteiger partial charge in [0.1, 0.15) is 0 Å². The Kier molecular flexibility index (Phi) is 19.1. The number of hydrogen-bond acceptors (Lipinski definition) is 13. The molecule has 2 aromatic heterocycles. The largest absolute Gasteiger partial charge is 0.394 e. The van der Waals surface area contributed by atoms with Crippen molar-refractivity contribution >= 4 is 41.6 Å². The normalized spacial score (nSPS) is 10.8. The molecule has 0 atom stereocenters. The fraction of sp³-hybridized carbons (Fsp3) is 0.690. The van der Waals surface area contributed by atoms with E-state index in [4.69, 9.17) is 5.73 Å². The van der Waals surface area contributed by atoms with Crippen molar-refractivity contribution < 1.29 is 27.9 Å². The Morgan fingerprint density at radius 1 is 0.689 bits per heavy atom. The van der Waals surface area contributed by atoms with Gasteiger partial charge in [0.15, 0.2) is 23.0 Å². The number of alkyl halides is 2. The molecule has 5 N–H and O–H groups in total. The van der Waals surface area contributed by atoms with Gasteiger partial charge in [-0.05, 0) is 53.4 Å². The number of carbonyl (C=O) groups excluding carboxylic acids is 3. The van der Waals surface area contributed by atoms with Crippen LogP contribution in [-0.4, -0.2) is 59.8 Å². The zero-order chi connectivity index (χ0) is 34.3. The summed E-state index contributed by atoms with van der Waals surface area (Å²) in [5.41, 5.74) is 2.21. The number of anilines is 4. The number of nitrogens with zero attached hydrogens (tertiary/aromatic N) is 6. The van der Waals surface area contributed by atoms with E-state index in [-0.39, 0.29) is 54.9 Å². The Morgan fingerprint density at radius 2 is 1.04 bits per heavy atom. The highest BCUT2D eigenvalue weighted by Crippen LogP contribution is 2.24. The minimum Gasteiger partial charge on any atom is -0.394 e. The number of rotatable bonds is 11. The first-order valence-corrected chi connectivity index (χ1v) is 14.4. The summed E-state index contributed by atoms with van der Waals surface area (Å²) in [6, 6.07) is 0.450. The summed E-state index contributed by atoms with van der Waals surface area (Å²) in [5.74, 6) is -0.684. The van der Waals surface area contributed by atoms with E-state index in [0.29, 0.717) is 5.95 Å². The van der Waals surface area contributed by atoms with Crippen LogP contribution in [0.5, 0.6) is 0 Å². The molecule has 14 nitrogen and oxygen atoms in total. The molecule has 2 rings (SSSR count). The van der Waals surface area contributed by atoms with Crippen LogP contribution in [0.15, 0.2) is 0 Å². The van der Waals surface area contributed by atoms with Crippen LogP contribution in [-0.2, 0) is 30.5 Å². The van der Waals surface area contributed by atoms with Crippen LogP contribution in [0.25, 0.3) is 0 Å². The number of aromatic nitrogens is 6. The van der Waals surface area contributed by atoms with Crippen molar-refractivity contribution in [1.82, 2.24) is 29.9 Å². The van der Waals surface area contributed by atoms with Gasteiger partial charge in [0.05, 0.1) is 0 Å². The van der Waals surface area contributed by atoms with Gasteiger partial charge in [-0.1, -0.05) is 35.1 Å². The highest BCUT2D eigenvalue weighted by atomic mass is 19.1. The summed E-state index contributed by atoms with van der Waals surface area (Å²) in [6.45, 7) is 17.4. The second-order valence-electron chi connectivity index (χ2n) is 10.7. The number of amides is 1. The molecule has 0 fully saturated rings. The SMILES string of the molecule is C.CC(=O)OC(C)=O.CCC(CC)Nc1nc(N)nc(C(C)(C)F)n1.CCC(CC)Nc1nc(NC(C)=O)nc(C(C)(C)F)n1. The van der Waals surface area contributed by atoms with Crippen LogP contribution in [0.2, 0.25) is 0 Å². The van der Waals surface area contributed by atoms with Gasteiger partial charge in [-0.3, -0.25) is 19.7 Å². The first kappa shape index (κ1) is 43.0. The minimum atomic E-state index is -1.71. The van der Waals surface area contributed by atoms with Crippen LogP contribution in [0.1, 0.15) is 121 Å². The van der Waals surface area contributed by atoms with Gasteiger partial charge in [-0.25, -0.2) is 8.78 Å². The van der Waals surface area contributed by atoms with E-state index in [2.05, 4.69) is 64.4 Å². The van der Waals surface area contributed by atoms with E-state index in [9.17, 15) is 23.2 Å². The Bertz CT molecular complexity index is 1200. The van der Waals surface area contributed by atoms with Crippen molar-refractivity contribution in [2.75, 3.05) is 21.7 Å². The van der Waals surface area contributed by atoms with E-state index >= 15 is 0 Å². The molecule has 0 unspecified atom stereocenters. The fourth-order valence-electron chi connectivity index (χ4n) is 3.20. The van der Waals surface area contributed by atoms with Gasteiger partial charge >= 0.3 is 11.9 Å². The minimum absolute atomic E-state index is 0. The number of hydrogen-bond donors (Lipinski definition) is 4. The van der Waals surface area contributed by atoms with Crippen molar-refractivity contribution in [2.45, 2.75) is 133 Å². The molecule has 256 valence electrons. The fourth-order valence-corrected chi connectivity index (χ4v) is 3.20. The first-order chi connectivity index (χ1) is 20.2. The summed E-state index contributed by atoms with van der Waals surface area (Å²) in [7, 11) is 0. The van der Waals surface area contributed by atoms with Gasteiger partial charge in [0.2, 0.25) is 29.7 Å². The molecule has 0 saturated carbocycles. The lowest BCUT2D eigenvalue weighted by Crippen LogP contribution is -2.23. The molecule has 1 amide bonds. The van der Waals surface area contributed by atoms with Crippen molar-refractivity contribution in [3.63, 3.8) is 0 Å². The molecular weight excluding hydrogens is 590 g/mol. The number of nitrogens with two attached hydrogens (primary N) is 1. The Balaban J connectivity index is 0. The quantitative estimate of drug-likeness (QED) is 0.174. The molecule has 2 aromatic rings. The van der Waals surface area contributed by atoms with E-state index in [1.54, 1.807) is 0 Å². The van der Waals surface area contributed by atoms with Crippen LogP contribution in [0.4, 0.5) is 32.6 Å². The average molecular weight is 643 g/mol. The summed E-state index contributed by atoms with van der Waals surface area (Å²) in [4.78, 5) is 54.6. The van der Waals surface area contributed by atoms with Gasteiger partial charge in [-0.2, -0.15) is 29.9 Å². The number of nitrogens with one attached hydrogen (secondary N) is 3. The number of ether oxygens (including phenoxy) is 1. The van der Waals surface area contributed by atoms with E-state index < -0.39 is 23.3 Å². The molecule has 2 heterocycles. The number of nitrogen functional groups attached to an aromatic ring is 1. The third-order valence-electron chi connectivity index (χ3n) is 5.56. The lowest BCUT2D eigenvalue weighted by Gasteiger charge is -2.18. The second-order valence-corrected chi connectivity index (χ2v) is 10.7. The zero-order valence-corrected chi connectivity index (χ0v) is 27.6. The van der Waals surface area contributed by atoms with Gasteiger partial charge in [0, 0.05) is 32.9 Å². The molecular formula is C29H52F2N10O4. The van der Waals surface area contributed by atoms with Crippen LogP contribution in [0, 0.1) is 0 Å². The monoisotopic (exact) mass is 642 g/mol. The summed E-state index contributed by atoms with van der Waals surface area (Å²) in [5, 5.41) is 8.71. The molecule has 0 spiro atoms. The third-order valence-corrected chi connectivity index (χ3v) is 5.56. The molecule has 0 radical (unpaired) electrons. The third kappa shape index (κ3) is 18.3. The highest BCUT2D eigenvalue weighted by molar-refractivity contribution is 5.86. The standard InChI is InChI=1S/C13H22FN5O.C11H20FN5.C4H6O3.CH4/c1-6-9(7-2)16-12-18-10(13(4,5)14)17-11(19-12)15-8(3)20;1-5-7(6-2)14-10-16-8(11(3,4)12)15-9(13)17-10;1-3(5)7-4(2)6;/h9H,6-7H2,1-5H3,(H2,15,16,17,18,19,20);7H,5-6H2,1-4H3,(H3,13,14,15,16,17);1-2H3;1H4. The van der Waals surface area contributed by atoms with Crippen molar-refractivity contribution in [2.24, 2.45) is 0 Å². The summed E-state index contributed by atoms with van der Waals surface area (Å²) >= 11 is 0. The maximum atomic E-state index is 14.0. The molecule has 16 heteroatoms. The summed E-state index contributed by atoms with van der Waals surface area (Å²) in [6.07, 6.45) is 3.67. The Hall–Kier alpha value is -4.11. The smallest absolute Gasteiger partial charge is 0.310 e. The number of esters is 2. The zero-order valence-electron chi connectivity index (χ0n) is 27.6. The molecule has 0 saturated heterocycles. The first-order valence-electron chi connectivity index (χ1n) is 14.4. The highest BCUT2D eigenvalue weighted by Gasteiger charge is 2.26. The van der Waals surface area contributed by atoms with Crippen molar-refractivity contribution in [1.29, 1.82) is 0 Å². The summed E-state index contributed by atoms with van der Waals surface area (Å²) < 4.78 is 31.7. The molecule has 0 aliphatic heterocycles. The number of carbonyl (C=O) groups is 3. The van der Waals surface area contributed by atoms with Gasteiger partial charge < -0.3 is 21.1 Å². The lowest BCUT2D eigenvalue weighted by atomic mass is 10.1. The lowest BCUT2D eigenvalue weighted by molar-refractivity contribution is -0.156. The Labute approximate surface area is 265 Å². The topological polar surface area (TPSA) is 200 Å². The molecule has 45 heavy (non-hydrogen) atoms. The molecule has 0 aliphatic rings. The van der Waals surface area contributed by atoms with Crippen LogP contribution >= 0.6 is 0 Å². The van der Waals surface area contributed by atoms with E-state index in [1.807, 2.05) is 13.8 Å². The Morgan fingerprint density at radius 3 is 1.36 bits per heavy atom. The predicted molar refractivity (Wildman–Crippen MR) is 172 cm³/mol. The average Bonchev–Trinajstić information content (AvgIpc) is 2.88. The van der Waals surface area contributed by atoms with Crippen LogP contribution in [0.3, 0.4) is 0 Å². The van der Waals surface area contributed by atoms with Gasteiger partial charge in [0.25, 0.3) is 0 Å². The maximum absolute atomic E-state index is 14.0.